The summed E-state index contributed by atoms with van der Waals surface area (Å²) >= 11 is 1.34. The van der Waals surface area contributed by atoms with E-state index in [-0.39, 0.29) is 38.5 Å². The van der Waals surface area contributed by atoms with Crippen LogP contribution in [0.2, 0.25) is 0 Å². The second-order valence-electron chi connectivity index (χ2n) is 6.12. The number of amides is 1. The molecule has 2 aromatic rings. The second-order valence-corrected chi connectivity index (χ2v) is 7.04. The molecular weight excluding hydrogens is 370 g/mol. The second kappa shape index (κ2) is 7.71. The summed E-state index contributed by atoms with van der Waals surface area (Å²) in [7, 11) is 0. The van der Waals surface area contributed by atoms with Gasteiger partial charge in [0, 0.05) is 43.5 Å². The fourth-order valence-corrected chi connectivity index (χ4v) is 3.71. The van der Waals surface area contributed by atoms with Crippen molar-refractivity contribution >= 4 is 17.2 Å². The van der Waals surface area contributed by atoms with Crippen LogP contribution >= 0.6 is 11.3 Å². The molecule has 4 nitrogen and oxygen atoms in total. The summed E-state index contributed by atoms with van der Waals surface area (Å²) in [4.78, 5) is 18.8. The van der Waals surface area contributed by atoms with E-state index in [0.29, 0.717) is 0 Å². The van der Waals surface area contributed by atoms with E-state index < -0.39 is 29.0 Å². The van der Waals surface area contributed by atoms with Crippen molar-refractivity contribution in [3.63, 3.8) is 0 Å². The molecule has 1 fully saturated rings. The predicted molar refractivity (Wildman–Crippen MR) is 89.3 cm³/mol. The first-order valence-electron chi connectivity index (χ1n) is 8.10. The average Bonchev–Trinajstić information content (AvgIpc) is 3.10. The molecule has 9 heteroatoms. The summed E-state index contributed by atoms with van der Waals surface area (Å²) in [6, 6.07) is 2.81. The Kier molecular flexibility index (Phi) is 5.57. The zero-order valence-electron chi connectivity index (χ0n) is 13.7. The SMILES string of the molecule is O=C(NCC(c1cncs1)N1CCC(F)(F)CC1)c1c(F)cccc1F. The summed E-state index contributed by atoms with van der Waals surface area (Å²) in [5.74, 6) is -5.46. The van der Waals surface area contributed by atoms with Crippen molar-refractivity contribution in [2.75, 3.05) is 19.6 Å². The van der Waals surface area contributed by atoms with Crippen LogP contribution in [-0.4, -0.2) is 41.3 Å². The quantitative estimate of drug-likeness (QED) is 0.797. The molecule has 0 spiro atoms. The fourth-order valence-electron chi connectivity index (χ4n) is 2.96. The minimum absolute atomic E-state index is 0.0420. The Hall–Kier alpha value is -2.00. The average molecular weight is 387 g/mol. The molecule has 1 saturated heterocycles. The number of likely N-dealkylation sites (tertiary alicyclic amines) is 1. The van der Waals surface area contributed by atoms with Gasteiger partial charge in [-0.1, -0.05) is 6.07 Å². The molecule has 0 radical (unpaired) electrons. The van der Waals surface area contributed by atoms with Crippen molar-refractivity contribution in [1.29, 1.82) is 0 Å². The van der Waals surface area contributed by atoms with Crippen LogP contribution < -0.4 is 5.32 Å². The van der Waals surface area contributed by atoms with Gasteiger partial charge in [-0.2, -0.15) is 0 Å². The number of aromatic nitrogens is 1. The van der Waals surface area contributed by atoms with Gasteiger partial charge in [0.05, 0.1) is 11.6 Å². The zero-order valence-corrected chi connectivity index (χ0v) is 14.5. The molecule has 0 bridgehead atoms. The van der Waals surface area contributed by atoms with E-state index in [9.17, 15) is 22.4 Å². The number of carbonyl (C=O) groups excluding carboxylic acids is 1. The van der Waals surface area contributed by atoms with Gasteiger partial charge in [-0.15, -0.1) is 11.3 Å². The van der Waals surface area contributed by atoms with Crippen LogP contribution in [0.5, 0.6) is 0 Å². The minimum atomic E-state index is -2.69. The van der Waals surface area contributed by atoms with Gasteiger partial charge in [0.2, 0.25) is 0 Å². The van der Waals surface area contributed by atoms with Gasteiger partial charge in [-0.25, -0.2) is 17.6 Å². The van der Waals surface area contributed by atoms with Gasteiger partial charge in [0.1, 0.15) is 17.2 Å². The van der Waals surface area contributed by atoms with Gasteiger partial charge in [-0.05, 0) is 12.1 Å². The number of nitrogens with one attached hydrogen (secondary N) is 1. The number of rotatable bonds is 5. The molecule has 0 aliphatic carbocycles. The third-order valence-corrected chi connectivity index (χ3v) is 5.27. The molecule has 1 aliphatic rings. The normalized spacial score (nSPS) is 18.5. The largest absolute Gasteiger partial charge is 0.350 e. The van der Waals surface area contributed by atoms with Crippen molar-refractivity contribution in [3.05, 3.63) is 52.0 Å². The Morgan fingerprint density at radius 1 is 1.27 bits per heavy atom. The number of nitrogens with zero attached hydrogens (tertiary/aromatic N) is 2. The number of hydrogen-bond donors (Lipinski definition) is 1. The van der Waals surface area contributed by atoms with Crippen LogP contribution in [-0.2, 0) is 0 Å². The number of piperidine rings is 1. The Morgan fingerprint density at radius 3 is 2.50 bits per heavy atom. The summed E-state index contributed by atoms with van der Waals surface area (Å²) < 4.78 is 54.3. The lowest BCUT2D eigenvalue weighted by Crippen LogP contribution is -2.45. The molecule has 0 saturated carbocycles. The van der Waals surface area contributed by atoms with Gasteiger partial charge < -0.3 is 5.32 Å². The lowest BCUT2D eigenvalue weighted by atomic mass is 10.0. The topological polar surface area (TPSA) is 45.2 Å². The highest BCUT2D eigenvalue weighted by atomic mass is 32.1. The van der Waals surface area contributed by atoms with Gasteiger partial charge in [0.25, 0.3) is 11.8 Å². The molecular formula is C17H17F4N3OS. The zero-order chi connectivity index (χ0) is 18.7. The van der Waals surface area contributed by atoms with E-state index in [0.717, 1.165) is 17.0 Å². The van der Waals surface area contributed by atoms with Crippen LogP contribution in [0.1, 0.15) is 34.1 Å². The summed E-state index contributed by atoms with van der Waals surface area (Å²) in [6.45, 7) is 0.374. The number of thiazole rings is 1. The molecule has 2 heterocycles. The molecule has 1 unspecified atom stereocenters. The van der Waals surface area contributed by atoms with E-state index in [2.05, 4.69) is 10.3 Å². The van der Waals surface area contributed by atoms with Crippen molar-refractivity contribution < 1.29 is 22.4 Å². The van der Waals surface area contributed by atoms with Crippen molar-refractivity contribution in [2.45, 2.75) is 24.8 Å². The summed E-state index contributed by atoms with van der Waals surface area (Å²) in [6.07, 6.45) is 1.08. The van der Waals surface area contributed by atoms with Crippen molar-refractivity contribution in [1.82, 2.24) is 15.2 Å². The van der Waals surface area contributed by atoms with Crippen LogP contribution in [0.4, 0.5) is 17.6 Å². The molecule has 1 atom stereocenters. The highest BCUT2D eigenvalue weighted by Crippen LogP contribution is 2.33. The van der Waals surface area contributed by atoms with Crippen molar-refractivity contribution in [2.24, 2.45) is 0 Å². The molecule has 1 aromatic heterocycles. The molecule has 26 heavy (non-hydrogen) atoms. The Morgan fingerprint density at radius 2 is 1.92 bits per heavy atom. The minimum Gasteiger partial charge on any atom is -0.350 e. The first-order valence-corrected chi connectivity index (χ1v) is 8.98. The van der Waals surface area contributed by atoms with E-state index >= 15 is 0 Å². The Bertz CT molecular complexity index is 739. The van der Waals surface area contributed by atoms with Crippen molar-refractivity contribution in [3.8, 4) is 0 Å². The lowest BCUT2D eigenvalue weighted by Gasteiger charge is -2.37. The van der Waals surface area contributed by atoms with Crippen LogP contribution in [0, 0.1) is 11.6 Å². The number of halogens is 4. The molecule has 1 aliphatic heterocycles. The maximum absolute atomic E-state index is 13.7. The van der Waals surface area contributed by atoms with Gasteiger partial charge in [0.15, 0.2) is 0 Å². The lowest BCUT2D eigenvalue weighted by molar-refractivity contribution is -0.0629. The first kappa shape index (κ1) is 18.8. The third kappa shape index (κ3) is 4.21. The predicted octanol–water partition coefficient (Wildman–Crippen LogP) is 3.62. The molecule has 1 amide bonds. The fraction of sp³-hybridized carbons (Fsp3) is 0.412. The number of benzene rings is 1. The van der Waals surface area contributed by atoms with E-state index in [4.69, 9.17) is 0 Å². The molecule has 3 rings (SSSR count). The van der Waals surface area contributed by atoms with E-state index in [1.165, 1.54) is 17.4 Å². The summed E-state index contributed by atoms with van der Waals surface area (Å²) in [5.41, 5.74) is 0.958. The third-order valence-electron chi connectivity index (χ3n) is 4.40. The smallest absolute Gasteiger partial charge is 0.257 e. The highest BCUT2D eigenvalue weighted by molar-refractivity contribution is 7.09. The van der Waals surface area contributed by atoms with Crippen LogP contribution in [0.15, 0.2) is 29.9 Å². The Balaban J connectivity index is 1.72. The van der Waals surface area contributed by atoms with Gasteiger partial charge in [-0.3, -0.25) is 14.7 Å². The highest BCUT2D eigenvalue weighted by Gasteiger charge is 2.37. The Labute approximate surface area is 151 Å². The number of alkyl halides is 2. The van der Waals surface area contributed by atoms with E-state index in [1.54, 1.807) is 11.7 Å². The monoisotopic (exact) mass is 387 g/mol. The van der Waals surface area contributed by atoms with E-state index in [1.807, 2.05) is 4.90 Å². The maximum Gasteiger partial charge on any atom is 0.257 e. The van der Waals surface area contributed by atoms with Crippen LogP contribution in [0.3, 0.4) is 0 Å². The first-order chi connectivity index (χ1) is 12.4. The molecule has 1 aromatic carbocycles. The molecule has 1 N–H and O–H groups in total. The maximum atomic E-state index is 13.7. The molecule has 140 valence electrons. The number of carbonyl (C=O) groups is 1. The van der Waals surface area contributed by atoms with Crippen LogP contribution in [0.25, 0.3) is 0 Å². The summed E-state index contributed by atoms with van der Waals surface area (Å²) in [5, 5.41) is 2.52. The standard InChI is InChI=1S/C17H17F4N3OS/c18-11-2-1-3-12(19)15(11)16(25)23-8-13(14-9-22-10-26-14)24-6-4-17(20,21)5-7-24/h1-3,9-10,13H,4-8H2,(H,23,25). The number of hydrogen-bond acceptors (Lipinski definition) is 4. The van der Waals surface area contributed by atoms with Gasteiger partial charge >= 0.3 is 0 Å².